The Morgan fingerprint density at radius 1 is 0.906 bits per heavy atom. The Bertz CT molecular complexity index is 1220. The molecule has 0 radical (unpaired) electrons. The van der Waals surface area contributed by atoms with Gasteiger partial charge in [-0.25, -0.2) is 4.98 Å². The van der Waals surface area contributed by atoms with Crippen molar-refractivity contribution in [3.63, 3.8) is 0 Å². The van der Waals surface area contributed by atoms with Gasteiger partial charge in [-0.1, -0.05) is 42.5 Å². The van der Waals surface area contributed by atoms with Crippen LogP contribution in [0.3, 0.4) is 0 Å². The van der Waals surface area contributed by atoms with Crippen molar-refractivity contribution < 1.29 is 4.42 Å². The van der Waals surface area contributed by atoms with Crippen LogP contribution in [0.1, 0.15) is 41.2 Å². The van der Waals surface area contributed by atoms with E-state index in [1.807, 2.05) is 24.7 Å². The number of aromatic nitrogens is 3. The Hall–Kier alpha value is -3.18. The van der Waals surface area contributed by atoms with E-state index in [9.17, 15) is 0 Å². The first kappa shape index (κ1) is 20.7. The second-order valence-electron chi connectivity index (χ2n) is 8.87. The second-order valence-corrected chi connectivity index (χ2v) is 8.87. The number of rotatable bonds is 7. The van der Waals surface area contributed by atoms with Crippen LogP contribution < -0.4 is 0 Å². The standard InChI is InChI=1S/C27H30N4O/c1-18-25(19(2)30(4)29-18)16-31(24-14-15-24)17-26-20(3)32-27(28-26)23-12-10-22(11-13-23)21-8-6-5-7-9-21/h5-13,24H,14-17H2,1-4H3. The smallest absolute Gasteiger partial charge is 0.226 e. The normalized spacial score (nSPS) is 13.8. The minimum atomic E-state index is 0.624. The van der Waals surface area contributed by atoms with Gasteiger partial charge in [-0.15, -0.1) is 0 Å². The van der Waals surface area contributed by atoms with Gasteiger partial charge in [0.25, 0.3) is 0 Å². The summed E-state index contributed by atoms with van der Waals surface area (Å²) in [5, 5.41) is 4.60. The molecule has 2 aromatic carbocycles. The van der Waals surface area contributed by atoms with Crippen molar-refractivity contribution in [1.82, 2.24) is 19.7 Å². The highest BCUT2D eigenvalue weighted by Gasteiger charge is 2.31. The van der Waals surface area contributed by atoms with Crippen LogP contribution in [0.25, 0.3) is 22.6 Å². The number of hydrogen-bond donors (Lipinski definition) is 0. The molecule has 32 heavy (non-hydrogen) atoms. The van der Waals surface area contributed by atoms with Crippen molar-refractivity contribution in [2.45, 2.75) is 52.7 Å². The molecule has 0 aliphatic heterocycles. The molecule has 5 nitrogen and oxygen atoms in total. The van der Waals surface area contributed by atoms with E-state index in [1.54, 1.807) is 0 Å². The van der Waals surface area contributed by atoms with Gasteiger partial charge in [0.1, 0.15) is 5.76 Å². The summed E-state index contributed by atoms with van der Waals surface area (Å²) in [5.74, 6) is 1.60. The van der Waals surface area contributed by atoms with Crippen LogP contribution in [0.15, 0.2) is 59.0 Å². The molecule has 0 bridgehead atoms. The molecule has 5 rings (SSSR count). The van der Waals surface area contributed by atoms with E-state index >= 15 is 0 Å². The average Bonchev–Trinajstić information content (AvgIpc) is 3.55. The van der Waals surface area contributed by atoms with Gasteiger partial charge in [-0.05, 0) is 56.9 Å². The van der Waals surface area contributed by atoms with E-state index in [1.165, 1.54) is 35.2 Å². The van der Waals surface area contributed by atoms with Crippen LogP contribution in [0.2, 0.25) is 0 Å². The molecule has 1 fully saturated rings. The predicted octanol–water partition coefficient (Wildman–Crippen LogP) is 5.83. The molecule has 2 aromatic heterocycles. The molecular weight excluding hydrogens is 396 g/mol. The van der Waals surface area contributed by atoms with Crippen LogP contribution in [0, 0.1) is 20.8 Å². The second kappa shape index (κ2) is 8.40. The van der Waals surface area contributed by atoms with Gasteiger partial charge in [0.2, 0.25) is 5.89 Å². The third-order valence-electron chi connectivity index (χ3n) is 6.57. The number of hydrogen-bond acceptors (Lipinski definition) is 4. The highest BCUT2D eigenvalue weighted by atomic mass is 16.4. The molecule has 2 heterocycles. The van der Waals surface area contributed by atoms with Crippen molar-refractivity contribution >= 4 is 0 Å². The molecule has 0 atom stereocenters. The van der Waals surface area contributed by atoms with Crippen molar-refractivity contribution in [3.8, 4) is 22.6 Å². The van der Waals surface area contributed by atoms with Gasteiger partial charge in [0.15, 0.2) is 0 Å². The van der Waals surface area contributed by atoms with E-state index in [2.05, 4.69) is 72.4 Å². The van der Waals surface area contributed by atoms with Crippen molar-refractivity contribution in [3.05, 3.63) is 83.0 Å². The monoisotopic (exact) mass is 426 g/mol. The van der Waals surface area contributed by atoms with Crippen LogP contribution in [-0.4, -0.2) is 25.7 Å². The zero-order valence-corrected chi connectivity index (χ0v) is 19.3. The SMILES string of the molecule is Cc1nn(C)c(C)c1CN(Cc1nc(-c2ccc(-c3ccccc3)cc2)oc1C)C1CC1. The topological polar surface area (TPSA) is 47.1 Å². The summed E-state index contributed by atoms with van der Waals surface area (Å²) in [6.07, 6.45) is 2.51. The first-order valence-electron chi connectivity index (χ1n) is 11.3. The quantitative estimate of drug-likeness (QED) is 0.373. The van der Waals surface area contributed by atoms with E-state index in [0.717, 1.165) is 35.8 Å². The molecular formula is C27H30N4O. The minimum absolute atomic E-state index is 0.624. The van der Waals surface area contributed by atoms with Crippen molar-refractivity contribution in [2.24, 2.45) is 7.05 Å². The Labute approximate surface area is 189 Å². The summed E-state index contributed by atoms with van der Waals surface area (Å²) < 4.78 is 8.08. The lowest BCUT2D eigenvalue weighted by Crippen LogP contribution is -2.26. The van der Waals surface area contributed by atoms with Gasteiger partial charge in [0.05, 0.1) is 11.4 Å². The molecule has 4 aromatic rings. The molecule has 0 spiro atoms. The predicted molar refractivity (Wildman–Crippen MR) is 127 cm³/mol. The molecule has 1 aliphatic rings. The van der Waals surface area contributed by atoms with Gasteiger partial charge in [0, 0.05) is 43.0 Å². The fraction of sp³-hybridized carbons (Fsp3) is 0.333. The van der Waals surface area contributed by atoms with Crippen LogP contribution in [0.4, 0.5) is 0 Å². The summed E-state index contributed by atoms with van der Waals surface area (Å²) in [7, 11) is 2.02. The zero-order valence-electron chi connectivity index (χ0n) is 19.3. The third-order valence-corrected chi connectivity index (χ3v) is 6.57. The van der Waals surface area contributed by atoms with E-state index in [4.69, 9.17) is 9.40 Å². The fourth-order valence-corrected chi connectivity index (χ4v) is 4.33. The van der Waals surface area contributed by atoms with Crippen LogP contribution in [-0.2, 0) is 20.1 Å². The summed E-state index contributed by atoms with van der Waals surface area (Å²) in [5.41, 5.74) is 8.13. The largest absolute Gasteiger partial charge is 0.441 e. The van der Waals surface area contributed by atoms with Gasteiger partial charge >= 0.3 is 0 Å². The molecule has 5 heteroatoms. The molecule has 1 saturated carbocycles. The fourth-order valence-electron chi connectivity index (χ4n) is 4.33. The lowest BCUT2D eigenvalue weighted by atomic mass is 10.0. The van der Waals surface area contributed by atoms with Crippen LogP contribution >= 0.6 is 0 Å². The van der Waals surface area contributed by atoms with Gasteiger partial charge < -0.3 is 4.42 Å². The minimum Gasteiger partial charge on any atom is -0.441 e. The van der Waals surface area contributed by atoms with E-state index in [-0.39, 0.29) is 0 Å². The van der Waals surface area contributed by atoms with Crippen molar-refractivity contribution in [2.75, 3.05) is 0 Å². The van der Waals surface area contributed by atoms with E-state index < -0.39 is 0 Å². The average molecular weight is 427 g/mol. The maximum Gasteiger partial charge on any atom is 0.226 e. The highest BCUT2D eigenvalue weighted by molar-refractivity contribution is 5.67. The van der Waals surface area contributed by atoms with Crippen LogP contribution in [0.5, 0.6) is 0 Å². The first-order valence-corrected chi connectivity index (χ1v) is 11.3. The Balaban J connectivity index is 1.35. The summed E-state index contributed by atoms with van der Waals surface area (Å²) >= 11 is 0. The number of aryl methyl sites for hydroxylation is 3. The molecule has 0 N–H and O–H groups in total. The third kappa shape index (κ3) is 4.13. The van der Waals surface area contributed by atoms with Gasteiger partial charge in [-0.2, -0.15) is 5.10 Å². The molecule has 1 aliphatic carbocycles. The maximum atomic E-state index is 6.09. The molecule has 164 valence electrons. The number of nitrogens with zero attached hydrogens (tertiary/aromatic N) is 4. The lowest BCUT2D eigenvalue weighted by molar-refractivity contribution is 0.241. The highest BCUT2D eigenvalue weighted by Crippen LogP contribution is 2.32. The zero-order chi connectivity index (χ0) is 22.2. The summed E-state index contributed by atoms with van der Waals surface area (Å²) in [4.78, 5) is 7.43. The van der Waals surface area contributed by atoms with Crippen molar-refractivity contribution in [1.29, 1.82) is 0 Å². The number of oxazole rings is 1. The first-order chi connectivity index (χ1) is 15.5. The lowest BCUT2D eigenvalue weighted by Gasteiger charge is -2.21. The Morgan fingerprint density at radius 3 is 2.19 bits per heavy atom. The Kier molecular flexibility index (Phi) is 5.43. The summed E-state index contributed by atoms with van der Waals surface area (Å²) in [6.45, 7) is 7.99. The summed E-state index contributed by atoms with van der Waals surface area (Å²) in [6, 6.07) is 19.5. The maximum absolute atomic E-state index is 6.09. The molecule has 0 unspecified atom stereocenters. The Morgan fingerprint density at radius 2 is 1.56 bits per heavy atom. The van der Waals surface area contributed by atoms with Gasteiger partial charge in [-0.3, -0.25) is 9.58 Å². The molecule has 0 saturated heterocycles. The molecule has 0 amide bonds. The van der Waals surface area contributed by atoms with E-state index in [0.29, 0.717) is 11.9 Å². The number of benzene rings is 2.